The van der Waals surface area contributed by atoms with Gasteiger partial charge in [0, 0.05) is 23.5 Å². The predicted octanol–water partition coefficient (Wildman–Crippen LogP) is 2.46. The maximum Gasteiger partial charge on any atom is 0.154 e. The predicted molar refractivity (Wildman–Crippen MR) is 81.2 cm³/mol. The first-order valence-corrected chi connectivity index (χ1v) is 7.29. The first kappa shape index (κ1) is 16.5. The maximum atomic E-state index is 11.1. The monoisotopic (exact) mass is 278 g/mol. The zero-order valence-electron chi connectivity index (χ0n) is 13.0. The summed E-state index contributed by atoms with van der Waals surface area (Å²) in [5.41, 5.74) is 1.81. The van der Waals surface area contributed by atoms with Gasteiger partial charge in [0.1, 0.15) is 0 Å². The molecule has 0 heterocycles. The molecular formula is C16H26N2O2. The quantitative estimate of drug-likeness (QED) is 0.733. The molecule has 112 valence electrons. The number of hydrogen-bond donors (Lipinski definition) is 2. The summed E-state index contributed by atoms with van der Waals surface area (Å²) in [5, 5.41) is 6.85. The Kier molecular flexibility index (Phi) is 6.49. The zero-order valence-corrected chi connectivity index (χ0v) is 13.0. The molecule has 1 fully saturated rings. The standard InChI is InChI=1S/C16H26N2O2/c1-11(9-13(3)19)17-15-7-5-6-8-16(15)18-12(2)10-14(4)20/h9-10,15-18H,5-8H2,1-4H3/b11-9+,12-10+/t15-,16-/m0/s1. The van der Waals surface area contributed by atoms with Gasteiger partial charge < -0.3 is 10.6 Å². The highest BCUT2D eigenvalue weighted by Gasteiger charge is 2.24. The summed E-state index contributed by atoms with van der Waals surface area (Å²) >= 11 is 0. The van der Waals surface area contributed by atoms with Crippen LogP contribution < -0.4 is 10.6 Å². The molecule has 1 saturated carbocycles. The van der Waals surface area contributed by atoms with Gasteiger partial charge in [0.2, 0.25) is 0 Å². The fourth-order valence-corrected chi connectivity index (χ4v) is 2.75. The smallest absolute Gasteiger partial charge is 0.154 e. The molecule has 4 heteroatoms. The van der Waals surface area contributed by atoms with Gasteiger partial charge in [0.05, 0.1) is 0 Å². The number of hydrogen-bond acceptors (Lipinski definition) is 4. The van der Waals surface area contributed by atoms with Gasteiger partial charge in [-0.25, -0.2) is 0 Å². The van der Waals surface area contributed by atoms with Crippen molar-refractivity contribution in [3.63, 3.8) is 0 Å². The minimum absolute atomic E-state index is 0.0583. The van der Waals surface area contributed by atoms with Gasteiger partial charge in [-0.3, -0.25) is 9.59 Å². The molecule has 0 radical (unpaired) electrons. The number of rotatable bonds is 6. The van der Waals surface area contributed by atoms with Crippen LogP contribution in [-0.4, -0.2) is 23.7 Å². The molecule has 0 aromatic heterocycles. The van der Waals surface area contributed by atoms with Crippen LogP contribution in [0.15, 0.2) is 23.5 Å². The fourth-order valence-electron chi connectivity index (χ4n) is 2.75. The molecule has 0 unspecified atom stereocenters. The van der Waals surface area contributed by atoms with Gasteiger partial charge in [-0.05, 0) is 52.7 Å². The van der Waals surface area contributed by atoms with E-state index in [-0.39, 0.29) is 11.6 Å². The summed E-state index contributed by atoms with van der Waals surface area (Å²) < 4.78 is 0. The van der Waals surface area contributed by atoms with Crippen LogP contribution in [0.4, 0.5) is 0 Å². The summed E-state index contributed by atoms with van der Waals surface area (Å²) in [6.07, 6.45) is 7.80. The van der Waals surface area contributed by atoms with Crippen LogP contribution in [0.1, 0.15) is 53.4 Å². The topological polar surface area (TPSA) is 58.2 Å². The largest absolute Gasteiger partial charge is 0.384 e. The summed E-state index contributed by atoms with van der Waals surface area (Å²) in [4.78, 5) is 22.2. The van der Waals surface area contributed by atoms with E-state index in [1.54, 1.807) is 26.0 Å². The van der Waals surface area contributed by atoms with E-state index < -0.39 is 0 Å². The Morgan fingerprint density at radius 3 is 1.45 bits per heavy atom. The minimum atomic E-state index is 0.0583. The average molecular weight is 278 g/mol. The van der Waals surface area contributed by atoms with Crippen LogP contribution in [0.2, 0.25) is 0 Å². The molecule has 0 aliphatic heterocycles. The molecular weight excluding hydrogens is 252 g/mol. The molecule has 0 aromatic rings. The second-order valence-electron chi connectivity index (χ2n) is 5.66. The Labute approximate surface area is 121 Å². The highest BCUT2D eigenvalue weighted by Crippen LogP contribution is 2.20. The van der Waals surface area contributed by atoms with E-state index >= 15 is 0 Å². The molecule has 1 aliphatic carbocycles. The first-order chi connectivity index (χ1) is 9.38. The maximum absolute atomic E-state index is 11.1. The number of carbonyl (C=O) groups excluding carboxylic acids is 2. The van der Waals surface area contributed by atoms with Crippen LogP contribution >= 0.6 is 0 Å². The highest BCUT2D eigenvalue weighted by atomic mass is 16.1. The number of allylic oxidation sites excluding steroid dienone is 4. The fraction of sp³-hybridized carbons (Fsp3) is 0.625. The van der Waals surface area contributed by atoms with Crippen molar-refractivity contribution in [3.8, 4) is 0 Å². The van der Waals surface area contributed by atoms with Crippen molar-refractivity contribution in [1.29, 1.82) is 0 Å². The second kappa shape index (κ2) is 7.88. The third-order valence-electron chi connectivity index (χ3n) is 3.43. The second-order valence-corrected chi connectivity index (χ2v) is 5.66. The van der Waals surface area contributed by atoms with Crippen LogP contribution in [0.5, 0.6) is 0 Å². The summed E-state index contributed by atoms with van der Waals surface area (Å²) in [5.74, 6) is 0.117. The van der Waals surface area contributed by atoms with E-state index in [4.69, 9.17) is 0 Å². The number of nitrogens with one attached hydrogen (secondary N) is 2. The van der Waals surface area contributed by atoms with Gasteiger partial charge in [-0.15, -0.1) is 0 Å². The van der Waals surface area contributed by atoms with Crippen LogP contribution in [-0.2, 0) is 9.59 Å². The van der Waals surface area contributed by atoms with Crippen molar-refractivity contribution >= 4 is 11.6 Å². The SMILES string of the molecule is CC(=O)/C=C(\C)N[C@H]1CCCC[C@@H]1N/C(C)=C/C(C)=O. The van der Waals surface area contributed by atoms with E-state index in [9.17, 15) is 9.59 Å². The number of ketones is 2. The molecule has 0 bridgehead atoms. The molecule has 2 N–H and O–H groups in total. The van der Waals surface area contributed by atoms with Crippen LogP contribution in [0.3, 0.4) is 0 Å². The van der Waals surface area contributed by atoms with E-state index in [2.05, 4.69) is 10.6 Å². The lowest BCUT2D eigenvalue weighted by atomic mass is 9.90. The van der Waals surface area contributed by atoms with E-state index in [0.29, 0.717) is 12.1 Å². The van der Waals surface area contributed by atoms with Crippen molar-refractivity contribution in [2.75, 3.05) is 0 Å². The molecule has 1 aliphatic rings. The van der Waals surface area contributed by atoms with Crippen LogP contribution in [0, 0.1) is 0 Å². The third kappa shape index (κ3) is 6.04. The van der Waals surface area contributed by atoms with Crippen molar-refractivity contribution < 1.29 is 9.59 Å². The summed E-state index contributed by atoms with van der Waals surface area (Å²) in [6.45, 7) is 6.96. The van der Waals surface area contributed by atoms with Crippen LogP contribution in [0.25, 0.3) is 0 Å². The van der Waals surface area contributed by atoms with Gasteiger partial charge in [-0.1, -0.05) is 12.8 Å². The van der Waals surface area contributed by atoms with Gasteiger partial charge in [-0.2, -0.15) is 0 Å². The molecule has 0 saturated heterocycles. The lowest BCUT2D eigenvalue weighted by Gasteiger charge is -2.34. The molecule has 20 heavy (non-hydrogen) atoms. The Bertz CT molecular complexity index is 384. The Balaban J connectivity index is 2.67. The van der Waals surface area contributed by atoms with Crippen molar-refractivity contribution in [2.45, 2.75) is 65.5 Å². The van der Waals surface area contributed by atoms with Crippen molar-refractivity contribution in [3.05, 3.63) is 23.5 Å². The third-order valence-corrected chi connectivity index (χ3v) is 3.43. The summed E-state index contributed by atoms with van der Waals surface area (Å²) in [7, 11) is 0. The molecule has 0 aromatic carbocycles. The molecule has 0 spiro atoms. The molecule has 2 atom stereocenters. The van der Waals surface area contributed by atoms with E-state index in [0.717, 1.165) is 24.2 Å². The molecule has 1 rings (SSSR count). The van der Waals surface area contributed by atoms with Gasteiger partial charge >= 0.3 is 0 Å². The summed E-state index contributed by atoms with van der Waals surface area (Å²) in [6, 6.07) is 0.601. The first-order valence-electron chi connectivity index (χ1n) is 7.29. The molecule has 4 nitrogen and oxygen atoms in total. The lowest BCUT2D eigenvalue weighted by Crippen LogP contribution is -2.48. The Hall–Kier alpha value is -1.58. The van der Waals surface area contributed by atoms with Crippen molar-refractivity contribution in [2.24, 2.45) is 0 Å². The normalized spacial score (nSPS) is 24.2. The van der Waals surface area contributed by atoms with Gasteiger partial charge in [0.15, 0.2) is 11.6 Å². The highest BCUT2D eigenvalue weighted by molar-refractivity contribution is 5.88. The van der Waals surface area contributed by atoms with E-state index in [1.807, 2.05) is 13.8 Å². The Morgan fingerprint density at radius 1 is 0.800 bits per heavy atom. The molecule has 0 amide bonds. The van der Waals surface area contributed by atoms with Crippen molar-refractivity contribution in [1.82, 2.24) is 10.6 Å². The minimum Gasteiger partial charge on any atom is -0.384 e. The van der Waals surface area contributed by atoms with Gasteiger partial charge in [0.25, 0.3) is 0 Å². The average Bonchev–Trinajstić information content (AvgIpc) is 2.29. The lowest BCUT2D eigenvalue weighted by molar-refractivity contribution is -0.113. The number of carbonyl (C=O) groups is 2. The zero-order chi connectivity index (χ0) is 15.1. The Morgan fingerprint density at radius 2 is 1.15 bits per heavy atom. The van der Waals surface area contributed by atoms with E-state index in [1.165, 1.54) is 12.8 Å².